The highest BCUT2D eigenvalue weighted by Crippen LogP contribution is 2.23. The largest absolute Gasteiger partial charge is 0.335 e. The lowest BCUT2D eigenvalue weighted by Gasteiger charge is -2.18. The molecule has 0 bridgehead atoms. The van der Waals surface area contributed by atoms with Gasteiger partial charge < -0.3 is 9.47 Å². The normalized spacial score (nSPS) is 28.6. The highest BCUT2D eigenvalue weighted by molar-refractivity contribution is 5.08. The Morgan fingerprint density at radius 3 is 3.00 bits per heavy atom. The third-order valence-electron chi connectivity index (χ3n) is 4.62. The van der Waals surface area contributed by atoms with Gasteiger partial charge in [0.15, 0.2) is 0 Å². The van der Waals surface area contributed by atoms with Crippen LogP contribution in [0.25, 0.3) is 0 Å². The fraction of sp³-hybridized carbons (Fsp3) is 0.800. The van der Waals surface area contributed by atoms with Crippen LogP contribution in [0.2, 0.25) is 0 Å². The van der Waals surface area contributed by atoms with Crippen LogP contribution in [0.15, 0.2) is 6.20 Å². The monoisotopic (exact) mass is 247 g/mol. The predicted octanol–water partition coefficient (Wildman–Crippen LogP) is 2.35. The fourth-order valence-corrected chi connectivity index (χ4v) is 3.40. The maximum atomic E-state index is 4.86. The zero-order valence-corrected chi connectivity index (χ0v) is 11.7. The summed E-state index contributed by atoms with van der Waals surface area (Å²) < 4.78 is 2.39. The first-order valence-electron chi connectivity index (χ1n) is 7.52. The summed E-state index contributed by atoms with van der Waals surface area (Å²) in [6.07, 6.45) is 7.34. The molecule has 18 heavy (non-hydrogen) atoms. The van der Waals surface area contributed by atoms with E-state index in [0.717, 1.165) is 11.8 Å². The van der Waals surface area contributed by atoms with Gasteiger partial charge in [-0.2, -0.15) is 0 Å². The van der Waals surface area contributed by atoms with E-state index in [2.05, 4.69) is 29.5 Å². The molecule has 2 unspecified atom stereocenters. The molecule has 2 aliphatic heterocycles. The molecule has 0 spiro atoms. The second-order valence-corrected chi connectivity index (χ2v) is 6.19. The van der Waals surface area contributed by atoms with Gasteiger partial charge in [-0.3, -0.25) is 0 Å². The van der Waals surface area contributed by atoms with Crippen LogP contribution in [0.4, 0.5) is 0 Å². The number of nitrogens with zero attached hydrogens (tertiary/aromatic N) is 3. The van der Waals surface area contributed by atoms with Crippen molar-refractivity contribution in [2.45, 2.75) is 46.1 Å². The topological polar surface area (TPSA) is 21.1 Å². The number of hydrogen-bond donors (Lipinski definition) is 0. The summed E-state index contributed by atoms with van der Waals surface area (Å²) in [7, 11) is 0. The molecule has 3 rings (SSSR count). The maximum Gasteiger partial charge on any atom is 0.109 e. The van der Waals surface area contributed by atoms with Crippen LogP contribution in [0.3, 0.4) is 0 Å². The molecule has 3 heteroatoms. The van der Waals surface area contributed by atoms with Crippen LogP contribution in [-0.2, 0) is 19.4 Å². The molecule has 1 saturated heterocycles. The van der Waals surface area contributed by atoms with Crippen LogP contribution >= 0.6 is 0 Å². The molecule has 0 radical (unpaired) electrons. The fourth-order valence-electron chi connectivity index (χ4n) is 3.40. The predicted molar refractivity (Wildman–Crippen MR) is 73.6 cm³/mol. The van der Waals surface area contributed by atoms with Gasteiger partial charge in [0, 0.05) is 25.7 Å². The van der Waals surface area contributed by atoms with Crippen molar-refractivity contribution in [1.29, 1.82) is 0 Å². The van der Waals surface area contributed by atoms with E-state index in [1.54, 1.807) is 0 Å². The molecule has 2 aliphatic rings. The van der Waals surface area contributed by atoms with E-state index in [-0.39, 0.29) is 0 Å². The molecule has 0 saturated carbocycles. The minimum absolute atomic E-state index is 0.815. The Balaban J connectivity index is 1.64. The third kappa shape index (κ3) is 2.46. The van der Waals surface area contributed by atoms with Gasteiger partial charge in [0.25, 0.3) is 0 Å². The van der Waals surface area contributed by atoms with Crippen LogP contribution in [-0.4, -0.2) is 34.1 Å². The zero-order chi connectivity index (χ0) is 12.5. The van der Waals surface area contributed by atoms with E-state index in [1.165, 1.54) is 63.4 Å². The van der Waals surface area contributed by atoms with Gasteiger partial charge in [0.2, 0.25) is 0 Å². The smallest absolute Gasteiger partial charge is 0.109 e. The number of aromatic nitrogens is 2. The summed E-state index contributed by atoms with van der Waals surface area (Å²) in [6, 6.07) is 0. The van der Waals surface area contributed by atoms with E-state index in [1.807, 2.05) is 0 Å². The minimum Gasteiger partial charge on any atom is -0.335 e. The molecule has 1 aromatic heterocycles. The molecule has 3 heterocycles. The maximum absolute atomic E-state index is 4.86. The van der Waals surface area contributed by atoms with Crippen molar-refractivity contribution >= 4 is 0 Å². The number of imidazole rings is 1. The van der Waals surface area contributed by atoms with Gasteiger partial charge in [-0.1, -0.05) is 13.8 Å². The van der Waals surface area contributed by atoms with Crippen LogP contribution in [0.1, 0.15) is 38.2 Å². The summed E-state index contributed by atoms with van der Waals surface area (Å²) in [4.78, 5) is 7.42. The lowest BCUT2D eigenvalue weighted by Crippen LogP contribution is -2.20. The van der Waals surface area contributed by atoms with E-state index in [0.29, 0.717) is 0 Å². The molecule has 0 aliphatic carbocycles. The molecule has 0 N–H and O–H groups in total. The first-order valence-corrected chi connectivity index (χ1v) is 7.52. The molecule has 1 fully saturated rings. The molecule has 0 aromatic carbocycles. The summed E-state index contributed by atoms with van der Waals surface area (Å²) in [5.74, 6) is 2.98. The second kappa shape index (κ2) is 5.04. The first kappa shape index (κ1) is 12.2. The first-order chi connectivity index (χ1) is 8.74. The van der Waals surface area contributed by atoms with E-state index in [4.69, 9.17) is 4.98 Å². The molecule has 2 atom stereocenters. The number of rotatable bonds is 3. The summed E-state index contributed by atoms with van der Waals surface area (Å²) in [5.41, 5.74) is 1.34. The van der Waals surface area contributed by atoms with Gasteiger partial charge in [-0.15, -0.1) is 0 Å². The van der Waals surface area contributed by atoms with Crippen molar-refractivity contribution in [1.82, 2.24) is 14.5 Å². The molecule has 100 valence electrons. The Kier molecular flexibility index (Phi) is 3.42. The Labute approximate surface area is 110 Å². The average molecular weight is 247 g/mol. The number of likely N-dealkylation sites (tertiary alicyclic amines) is 1. The Bertz CT molecular complexity index is 410. The zero-order valence-electron chi connectivity index (χ0n) is 11.7. The Morgan fingerprint density at radius 2 is 2.22 bits per heavy atom. The average Bonchev–Trinajstić information content (AvgIpc) is 2.95. The lowest BCUT2D eigenvalue weighted by molar-refractivity contribution is 0.341. The van der Waals surface area contributed by atoms with Crippen molar-refractivity contribution < 1.29 is 0 Å². The van der Waals surface area contributed by atoms with Gasteiger partial charge in [-0.25, -0.2) is 4.98 Å². The van der Waals surface area contributed by atoms with Crippen LogP contribution in [0, 0.1) is 11.8 Å². The van der Waals surface area contributed by atoms with Gasteiger partial charge in [0.1, 0.15) is 5.82 Å². The van der Waals surface area contributed by atoms with Crippen molar-refractivity contribution in [3.63, 3.8) is 0 Å². The standard InChI is InChI=1S/C15H25N3/c1-3-17-6-5-13(10-17)9-14-11-18-7-4-12(2)8-15(18)16-14/h11-13H,3-10H2,1-2H3. The van der Waals surface area contributed by atoms with Crippen LogP contribution in [0.5, 0.6) is 0 Å². The van der Waals surface area contributed by atoms with E-state index < -0.39 is 0 Å². The number of fused-ring (bicyclic) bond motifs is 1. The summed E-state index contributed by atoms with van der Waals surface area (Å²) >= 11 is 0. The highest BCUT2D eigenvalue weighted by atomic mass is 15.1. The molecule has 3 nitrogen and oxygen atoms in total. The van der Waals surface area contributed by atoms with Gasteiger partial charge >= 0.3 is 0 Å². The Hall–Kier alpha value is -0.830. The van der Waals surface area contributed by atoms with E-state index >= 15 is 0 Å². The molecule has 0 amide bonds. The summed E-state index contributed by atoms with van der Waals surface area (Å²) in [6.45, 7) is 9.54. The third-order valence-corrected chi connectivity index (χ3v) is 4.62. The SMILES string of the molecule is CCN1CCC(Cc2cn3c(n2)CC(C)CC3)C1. The lowest BCUT2D eigenvalue weighted by atomic mass is 10.0. The second-order valence-electron chi connectivity index (χ2n) is 6.19. The highest BCUT2D eigenvalue weighted by Gasteiger charge is 2.23. The number of aryl methyl sites for hydroxylation is 1. The Morgan fingerprint density at radius 1 is 1.33 bits per heavy atom. The molecular weight excluding hydrogens is 222 g/mol. The minimum atomic E-state index is 0.815. The van der Waals surface area contributed by atoms with Crippen molar-refractivity contribution in [2.24, 2.45) is 11.8 Å². The summed E-state index contributed by atoms with van der Waals surface area (Å²) in [5, 5.41) is 0. The number of hydrogen-bond acceptors (Lipinski definition) is 2. The van der Waals surface area contributed by atoms with Gasteiger partial charge in [-0.05, 0) is 44.2 Å². The van der Waals surface area contributed by atoms with Crippen molar-refractivity contribution in [3.05, 3.63) is 17.7 Å². The van der Waals surface area contributed by atoms with Crippen molar-refractivity contribution in [2.75, 3.05) is 19.6 Å². The molecule has 1 aromatic rings. The van der Waals surface area contributed by atoms with Crippen molar-refractivity contribution in [3.8, 4) is 0 Å². The van der Waals surface area contributed by atoms with Gasteiger partial charge in [0.05, 0.1) is 5.69 Å². The van der Waals surface area contributed by atoms with E-state index in [9.17, 15) is 0 Å². The molecular formula is C15H25N3. The van der Waals surface area contributed by atoms with Crippen LogP contribution < -0.4 is 0 Å². The quantitative estimate of drug-likeness (QED) is 0.817.